The summed E-state index contributed by atoms with van der Waals surface area (Å²) in [6.07, 6.45) is 1.90. The fourth-order valence-corrected chi connectivity index (χ4v) is 13.9. The SMILES string of the molecule is C[Si](C)(CCCN1CNc2ccccc2C1=O)O[Si](C)(C)CCCN1CNc2ccccc2C1=O. The van der Waals surface area contributed by atoms with Crippen molar-refractivity contribution in [2.24, 2.45) is 0 Å². The topological polar surface area (TPSA) is 73.9 Å². The van der Waals surface area contributed by atoms with Gasteiger partial charge in [0.15, 0.2) is 16.6 Å². The summed E-state index contributed by atoms with van der Waals surface area (Å²) in [4.78, 5) is 29.4. The Balaban J connectivity index is 1.21. The van der Waals surface area contributed by atoms with Crippen LogP contribution in [0.25, 0.3) is 0 Å². The molecule has 35 heavy (non-hydrogen) atoms. The van der Waals surface area contributed by atoms with E-state index in [1.807, 2.05) is 58.3 Å². The van der Waals surface area contributed by atoms with Gasteiger partial charge in [0.25, 0.3) is 11.8 Å². The van der Waals surface area contributed by atoms with Crippen molar-refractivity contribution < 1.29 is 13.7 Å². The van der Waals surface area contributed by atoms with Gasteiger partial charge in [0, 0.05) is 24.5 Å². The molecule has 0 spiro atoms. The average Bonchev–Trinajstić information content (AvgIpc) is 2.81. The van der Waals surface area contributed by atoms with Crippen molar-refractivity contribution in [2.45, 2.75) is 51.1 Å². The third-order valence-corrected chi connectivity index (χ3v) is 14.3. The standard InChI is InChI=1S/C26H38N4O3Si2/c1-34(2,17-9-15-29-19-27-23-13-7-5-11-21(23)25(29)31)33-35(3,4)18-10-16-30-20-28-24-14-8-6-12-22(24)26(30)32/h5-8,11-14,27-28H,9-10,15-20H2,1-4H3. The van der Waals surface area contributed by atoms with E-state index >= 15 is 0 Å². The maximum absolute atomic E-state index is 12.8. The number of nitrogens with one attached hydrogen (secondary N) is 2. The van der Waals surface area contributed by atoms with Gasteiger partial charge in [0.2, 0.25) is 0 Å². The summed E-state index contributed by atoms with van der Waals surface area (Å²) in [5.74, 6) is 0.220. The Hall–Kier alpha value is -2.63. The van der Waals surface area contributed by atoms with Crippen LogP contribution < -0.4 is 10.6 Å². The van der Waals surface area contributed by atoms with E-state index in [1.165, 1.54) is 0 Å². The number of carbonyl (C=O) groups is 2. The molecule has 0 saturated heterocycles. The van der Waals surface area contributed by atoms with Crippen LogP contribution in [0.1, 0.15) is 33.6 Å². The van der Waals surface area contributed by atoms with Crippen molar-refractivity contribution in [3.05, 3.63) is 59.7 Å². The maximum Gasteiger partial charge on any atom is 0.257 e. The van der Waals surface area contributed by atoms with Crippen LogP contribution in [-0.4, -0.2) is 64.7 Å². The molecule has 188 valence electrons. The number of anilines is 2. The van der Waals surface area contributed by atoms with E-state index in [0.29, 0.717) is 13.3 Å². The predicted molar refractivity (Wildman–Crippen MR) is 147 cm³/mol. The van der Waals surface area contributed by atoms with Crippen LogP contribution in [0.4, 0.5) is 11.4 Å². The smallest absolute Gasteiger partial charge is 0.257 e. The van der Waals surface area contributed by atoms with Gasteiger partial charge in [-0.05, 0) is 75.4 Å². The van der Waals surface area contributed by atoms with Crippen LogP contribution >= 0.6 is 0 Å². The number of hydrogen-bond acceptors (Lipinski definition) is 5. The minimum atomic E-state index is -1.86. The van der Waals surface area contributed by atoms with E-state index in [0.717, 1.165) is 60.5 Å². The Kier molecular flexibility index (Phi) is 7.68. The molecule has 4 rings (SSSR count). The Morgan fingerprint density at radius 3 is 1.54 bits per heavy atom. The van der Waals surface area contributed by atoms with Crippen molar-refractivity contribution in [2.75, 3.05) is 37.1 Å². The number of hydrogen-bond donors (Lipinski definition) is 2. The number of rotatable bonds is 10. The third-order valence-electron chi connectivity index (χ3n) is 6.78. The summed E-state index contributed by atoms with van der Waals surface area (Å²) < 4.78 is 6.81. The van der Waals surface area contributed by atoms with Gasteiger partial charge in [-0.15, -0.1) is 0 Å². The summed E-state index contributed by atoms with van der Waals surface area (Å²) in [6, 6.07) is 17.5. The molecular formula is C26H38N4O3Si2. The van der Waals surface area contributed by atoms with Gasteiger partial charge in [-0.1, -0.05) is 24.3 Å². The molecule has 7 nitrogen and oxygen atoms in total. The molecule has 0 radical (unpaired) electrons. The number of para-hydroxylation sites is 2. The fraction of sp³-hybridized carbons (Fsp3) is 0.462. The average molecular weight is 511 g/mol. The van der Waals surface area contributed by atoms with Gasteiger partial charge < -0.3 is 24.5 Å². The lowest BCUT2D eigenvalue weighted by atomic mass is 10.1. The van der Waals surface area contributed by atoms with Crippen molar-refractivity contribution in [1.82, 2.24) is 9.80 Å². The van der Waals surface area contributed by atoms with Crippen LogP contribution in [0.15, 0.2) is 48.5 Å². The molecule has 2 N–H and O–H groups in total. The van der Waals surface area contributed by atoms with Gasteiger partial charge in [0.05, 0.1) is 24.5 Å². The van der Waals surface area contributed by atoms with Crippen molar-refractivity contribution in [3.63, 3.8) is 0 Å². The zero-order valence-corrected chi connectivity index (χ0v) is 23.4. The lowest BCUT2D eigenvalue weighted by molar-refractivity contribution is 0.0750. The van der Waals surface area contributed by atoms with E-state index in [9.17, 15) is 9.59 Å². The number of benzene rings is 2. The Bertz CT molecular complexity index is 993. The van der Waals surface area contributed by atoms with Crippen LogP contribution in [0.3, 0.4) is 0 Å². The van der Waals surface area contributed by atoms with E-state index in [1.54, 1.807) is 0 Å². The summed E-state index contributed by atoms with van der Waals surface area (Å²) in [5, 5.41) is 6.69. The van der Waals surface area contributed by atoms with Gasteiger partial charge in [-0.25, -0.2) is 0 Å². The van der Waals surface area contributed by atoms with E-state index in [2.05, 4.69) is 36.8 Å². The first kappa shape index (κ1) is 25.5. The summed E-state index contributed by atoms with van der Waals surface area (Å²) in [6.45, 7) is 11.8. The van der Waals surface area contributed by atoms with Gasteiger partial charge in [0.1, 0.15) is 0 Å². The summed E-state index contributed by atoms with van der Waals surface area (Å²) >= 11 is 0. The Morgan fingerprint density at radius 1 is 0.714 bits per heavy atom. The molecule has 0 saturated carbocycles. The Labute approximate surface area is 211 Å². The molecule has 0 aliphatic carbocycles. The summed E-state index contributed by atoms with van der Waals surface area (Å²) in [5.41, 5.74) is 3.36. The molecule has 2 aliphatic heterocycles. The number of carbonyl (C=O) groups excluding carboxylic acids is 2. The monoisotopic (exact) mass is 510 g/mol. The molecule has 2 heterocycles. The fourth-order valence-electron chi connectivity index (χ4n) is 5.10. The highest BCUT2D eigenvalue weighted by molar-refractivity contribution is 6.84. The third kappa shape index (κ3) is 6.33. The molecule has 2 aliphatic rings. The second-order valence-corrected chi connectivity index (χ2v) is 19.6. The van der Waals surface area contributed by atoms with Crippen LogP contribution in [-0.2, 0) is 4.12 Å². The minimum Gasteiger partial charge on any atom is -0.455 e. The molecule has 0 bridgehead atoms. The zero-order valence-electron chi connectivity index (χ0n) is 21.4. The molecule has 2 amide bonds. The summed E-state index contributed by atoms with van der Waals surface area (Å²) in [7, 11) is -3.71. The van der Waals surface area contributed by atoms with Crippen LogP contribution in [0.5, 0.6) is 0 Å². The number of nitrogens with zero attached hydrogens (tertiary/aromatic N) is 2. The molecule has 9 heteroatoms. The van der Waals surface area contributed by atoms with Crippen molar-refractivity contribution in [3.8, 4) is 0 Å². The first-order valence-corrected chi connectivity index (χ1v) is 18.8. The predicted octanol–water partition coefficient (Wildman–Crippen LogP) is 5.24. The molecule has 0 atom stereocenters. The molecular weight excluding hydrogens is 472 g/mol. The Morgan fingerprint density at radius 2 is 1.11 bits per heavy atom. The highest BCUT2D eigenvalue weighted by Gasteiger charge is 2.33. The highest BCUT2D eigenvalue weighted by atomic mass is 28.4. The maximum atomic E-state index is 12.8. The number of amides is 2. The normalized spacial score (nSPS) is 15.9. The van der Waals surface area contributed by atoms with Crippen LogP contribution in [0, 0.1) is 0 Å². The van der Waals surface area contributed by atoms with Gasteiger partial charge in [-0.3, -0.25) is 9.59 Å². The lowest BCUT2D eigenvalue weighted by Crippen LogP contribution is -2.46. The van der Waals surface area contributed by atoms with E-state index < -0.39 is 16.6 Å². The molecule has 0 aromatic heterocycles. The molecule has 2 aromatic carbocycles. The molecule has 2 aromatic rings. The van der Waals surface area contributed by atoms with Gasteiger partial charge in [-0.2, -0.15) is 0 Å². The number of fused-ring (bicyclic) bond motifs is 2. The largest absolute Gasteiger partial charge is 0.455 e. The van der Waals surface area contributed by atoms with Gasteiger partial charge >= 0.3 is 0 Å². The first-order valence-electron chi connectivity index (χ1n) is 12.6. The minimum absolute atomic E-state index is 0.110. The van der Waals surface area contributed by atoms with Crippen molar-refractivity contribution >= 4 is 39.8 Å². The van der Waals surface area contributed by atoms with Crippen LogP contribution in [0.2, 0.25) is 38.3 Å². The van der Waals surface area contributed by atoms with Crippen molar-refractivity contribution in [1.29, 1.82) is 0 Å². The highest BCUT2D eigenvalue weighted by Crippen LogP contribution is 2.27. The quantitative estimate of drug-likeness (QED) is 0.428. The first-order chi connectivity index (χ1) is 16.7. The van der Waals surface area contributed by atoms with E-state index in [-0.39, 0.29) is 11.8 Å². The molecule has 0 unspecified atom stereocenters. The van der Waals surface area contributed by atoms with E-state index in [4.69, 9.17) is 4.12 Å². The second-order valence-electron chi connectivity index (χ2n) is 10.7. The lowest BCUT2D eigenvalue weighted by Gasteiger charge is -2.36. The zero-order chi connectivity index (χ0) is 25.1. The second kappa shape index (κ2) is 10.6. The molecule has 0 fully saturated rings.